The van der Waals surface area contributed by atoms with Crippen molar-refractivity contribution in [1.29, 1.82) is 0 Å². The zero-order valence-electron chi connectivity index (χ0n) is 12.6. The Labute approximate surface area is 174 Å². The van der Waals surface area contributed by atoms with E-state index in [2.05, 4.69) is 66.9 Å². The highest BCUT2D eigenvalue weighted by molar-refractivity contribution is 9.10. The van der Waals surface area contributed by atoms with E-state index in [0.29, 0.717) is 0 Å². The van der Waals surface area contributed by atoms with Crippen molar-refractivity contribution in [3.05, 3.63) is 68.2 Å². The van der Waals surface area contributed by atoms with E-state index in [1.54, 1.807) is 34.4 Å². The molecule has 0 amide bonds. The summed E-state index contributed by atoms with van der Waals surface area (Å²) in [5.74, 6) is 0. The minimum atomic E-state index is 1.00. The number of nitrogens with zero attached hydrogens (tertiary/aromatic N) is 2. The van der Waals surface area contributed by atoms with Gasteiger partial charge in [-0.1, -0.05) is 56.1 Å². The number of benzene rings is 2. The average molecular weight is 510 g/mol. The highest BCUT2D eigenvalue weighted by atomic mass is 79.9. The Morgan fingerprint density at radius 1 is 0.640 bits per heavy atom. The van der Waals surface area contributed by atoms with E-state index >= 15 is 0 Å². The summed E-state index contributed by atoms with van der Waals surface area (Å²) in [4.78, 5) is 9.45. The smallest absolute Gasteiger partial charge is 0.157 e. The van der Waals surface area contributed by atoms with Crippen LogP contribution in [0.15, 0.2) is 76.9 Å². The molecular formula is C18H10Br2N2S3. The normalized spacial score (nSPS) is 11.0. The summed E-state index contributed by atoms with van der Waals surface area (Å²) in [7, 11) is 0. The molecule has 4 rings (SSSR count). The molecule has 0 saturated carbocycles. The molecule has 0 unspecified atom stereocenters. The Balaban J connectivity index is 1.51. The van der Waals surface area contributed by atoms with Gasteiger partial charge < -0.3 is 0 Å². The van der Waals surface area contributed by atoms with Crippen molar-refractivity contribution in [2.24, 2.45) is 0 Å². The number of hydrogen-bond acceptors (Lipinski definition) is 5. The zero-order chi connectivity index (χ0) is 17.2. The summed E-state index contributed by atoms with van der Waals surface area (Å²) in [5.41, 5.74) is 4.26. The third-order valence-corrected chi connectivity index (χ3v) is 7.36. The topological polar surface area (TPSA) is 25.8 Å². The van der Waals surface area contributed by atoms with Crippen molar-refractivity contribution in [3.8, 4) is 22.5 Å². The van der Waals surface area contributed by atoms with Crippen LogP contribution in [0.3, 0.4) is 0 Å². The maximum Gasteiger partial charge on any atom is 0.157 e. The van der Waals surface area contributed by atoms with Crippen LogP contribution >= 0.6 is 66.3 Å². The summed E-state index contributed by atoms with van der Waals surface area (Å²) >= 11 is 11.8. The van der Waals surface area contributed by atoms with Crippen LogP contribution in [0.4, 0.5) is 0 Å². The van der Waals surface area contributed by atoms with Crippen LogP contribution < -0.4 is 0 Å². The second-order valence-electron chi connectivity index (χ2n) is 5.11. The van der Waals surface area contributed by atoms with Gasteiger partial charge in [0.05, 0.1) is 11.4 Å². The van der Waals surface area contributed by atoms with Gasteiger partial charge in [0, 0.05) is 30.8 Å². The fraction of sp³-hybridized carbons (Fsp3) is 0. The molecule has 0 spiro atoms. The van der Waals surface area contributed by atoms with Gasteiger partial charge in [-0.05, 0) is 36.0 Å². The maximum absolute atomic E-state index is 4.73. The molecule has 2 heterocycles. The standard InChI is InChI=1S/C18H10Br2N2S3/c19-13-5-1-11(2-6-13)15-9-23-17(21-15)25-18-22-16(10-24-18)12-3-7-14(20)8-4-12/h1-10H. The highest BCUT2D eigenvalue weighted by Crippen LogP contribution is 2.36. The van der Waals surface area contributed by atoms with Gasteiger partial charge in [-0.2, -0.15) is 0 Å². The monoisotopic (exact) mass is 508 g/mol. The largest absolute Gasteiger partial charge is 0.229 e. The molecule has 124 valence electrons. The fourth-order valence-electron chi connectivity index (χ4n) is 2.19. The lowest BCUT2D eigenvalue weighted by Crippen LogP contribution is -1.79. The summed E-state index contributed by atoms with van der Waals surface area (Å²) in [6, 6.07) is 16.4. The van der Waals surface area contributed by atoms with Crippen LogP contribution in [-0.2, 0) is 0 Å². The molecule has 0 saturated heterocycles. The molecule has 0 radical (unpaired) electrons. The van der Waals surface area contributed by atoms with Crippen molar-refractivity contribution in [2.75, 3.05) is 0 Å². The highest BCUT2D eigenvalue weighted by Gasteiger charge is 2.10. The SMILES string of the molecule is Brc1ccc(-c2csc(Sc3nc(-c4ccc(Br)cc4)cs3)n2)cc1. The van der Waals surface area contributed by atoms with Crippen molar-refractivity contribution in [3.63, 3.8) is 0 Å². The lowest BCUT2D eigenvalue weighted by molar-refractivity contribution is 1.22. The van der Waals surface area contributed by atoms with Crippen molar-refractivity contribution < 1.29 is 0 Å². The number of hydrogen-bond donors (Lipinski definition) is 0. The van der Waals surface area contributed by atoms with Gasteiger partial charge in [0.1, 0.15) is 0 Å². The number of rotatable bonds is 4. The van der Waals surface area contributed by atoms with E-state index < -0.39 is 0 Å². The van der Waals surface area contributed by atoms with Gasteiger partial charge in [0.15, 0.2) is 8.68 Å². The molecule has 4 aromatic rings. The molecule has 0 bridgehead atoms. The number of thiazole rings is 2. The summed E-state index contributed by atoms with van der Waals surface area (Å²) in [6.07, 6.45) is 0. The van der Waals surface area contributed by atoms with E-state index in [1.165, 1.54) is 0 Å². The lowest BCUT2D eigenvalue weighted by atomic mass is 10.2. The van der Waals surface area contributed by atoms with Crippen LogP contribution in [0.2, 0.25) is 0 Å². The van der Waals surface area contributed by atoms with E-state index in [1.807, 2.05) is 24.3 Å². The second-order valence-corrected chi connectivity index (χ2v) is 10.2. The molecular weight excluding hydrogens is 500 g/mol. The first kappa shape index (κ1) is 17.4. The summed E-state index contributed by atoms with van der Waals surface area (Å²) < 4.78 is 4.16. The first-order valence-electron chi connectivity index (χ1n) is 7.28. The Morgan fingerprint density at radius 2 is 1.04 bits per heavy atom. The molecule has 0 N–H and O–H groups in total. The third-order valence-electron chi connectivity index (χ3n) is 3.42. The molecule has 0 atom stereocenters. The van der Waals surface area contributed by atoms with Crippen LogP contribution in [0.1, 0.15) is 0 Å². The van der Waals surface area contributed by atoms with Crippen LogP contribution in [0, 0.1) is 0 Å². The van der Waals surface area contributed by atoms with Gasteiger partial charge in [0.25, 0.3) is 0 Å². The van der Waals surface area contributed by atoms with Gasteiger partial charge in [-0.15, -0.1) is 22.7 Å². The molecule has 7 heteroatoms. The Bertz CT molecular complexity index is 910. The summed E-state index contributed by atoms with van der Waals surface area (Å²) in [5, 5.41) is 4.18. The van der Waals surface area contributed by atoms with E-state index in [4.69, 9.17) is 9.97 Å². The van der Waals surface area contributed by atoms with Crippen LogP contribution in [0.25, 0.3) is 22.5 Å². The molecule has 25 heavy (non-hydrogen) atoms. The van der Waals surface area contributed by atoms with Gasteiger partial charge >= 0.3 is 0 Å². The predicted molar refractivity (Wildman–Crippen MR) is 115 cm³/mol. The molecule has 0 fully saturated rings. The van der Waals surface area contributed by atoms with Gasteiger partial charge in [-0.25, -0.2) is 9.97 Å². The van der Waals surface area contributed by atoms with Crippen LogP contribution in [-0.4, -0.2) is 9.97 Å². The van der Waals surface area contributed by atoms with E-state index in [-0.39, 0.29) is 0 Å². The Kier molecular flexibility index (Phi) is 5.38. The minimum Gasteiger partial charge on any atom is -0.229 e. The Hall–Kier alpha value is -0.990. The number of aromatic nitrogens is 2. The molecule has 2 aromatic carbocycles. The Morgan fingerprint density at radius 3 is 1.44 bits per heavy atom. The first-order chi connectivity index (χ1) is 12.2. The van der Waals surface area contributed by atoms with E-state index in [0.717, 1.165) is 40.1 Å². The molecule has 2 aromatic heterocycles. The minimum absolute atomic E-state index is 1.00. The van der Waals surface area contributed by atoms with E-state index in [9.17, 15) is 0 Å². The summed E-state index contributed by atoms with van der Waals surface area (Å²) in [6.45, 7) is 0. The molecule has 0 aliphatic carbocycles. The van der Waals surface area contributed by atoms with Crippen molar-refractivity contribution >= 4 is 66.3 Å². The molecule has 0 aliphatic rings. The zero-order valence-corrected chi connectivity index (χ0v) is 18.3. The second kappa shape index (κ2) is 7.72. The molecule has 0 aliphatic heterocycles. The van der Waals surface area contributed by atoms with Gasteiger partial charge in [-0.3, -0.25) is 0 Å². The predicted octanol–water partition coefficient (Wildman–Crippen LogP) is 7.61. The maximum atomic E-state index is 4.73. The van der Waals surface area contributed by atoms with Gasteiger partial charge in [0.2, 0.25) is 0 Å². The molecule has 2 nitrogen and oxygen atoms in total. The van der Waals surface area contributed by atoms with Crippen molar-refractivity contribution in [2.45, 2.75) is 8.68 Å². The quantitative estimate of drug-likeness (QED) is 0.283. The fourth-order valence-corrected chi connectivity index (χ4v) is 5.57. The average Bonchev–Trinajstić information content (AvgIpc) is 3.27. The first-order valence-corrected chi connectivity index (χ1v) is 11.4. The number of halogens is 2. The lowest BCUT2D eigenvalue weighted by Gasteiger charge is -1.97. The van der Waals surface area contributed by atoms with Crippen LogP contribution in [0.5, 0.6) is 0 Å². The van der Waals surface area contributed by atoms with Crippen molar-refractivity contribution in [1.82, 2.24) is 9.97 Å². The third kappa shape index (κ3) is 4.23.